The molecule has 4 unspecified atom stereocenters. The topological polar surface area (TPSA) is 208 Å². The van der Waals surface area contributed by atoms with Crippen LogP contribution in [0.15, 0.2) is 24.3 Å². The van der Waals surface area contributed by atoms with E-state index >= 15 is 0 Å². The first-order valence-electron chi connectivity index (χ1n) is 9.94. The molecule has 0 aliphatic carbocycles. The van der Waals surface area contributed by atoms with Gasteiger partial charge in [0.1, 0.15) is 23.9 Å². The SMILES string of the molecule is CC(NC(=O)C(Cc1ccc(O)cc1)NC(=O)C(CCC(=O)O)NC(=O)C(N)CS)C(=O)O. The van der Waals surface area contributed by atoms with Crippen molar-refractivity contribution in [3.63, 3.8) is 0 Å². The minimum atomic E-state index is -1.31. The van der Waals surface area contributed by atoms with Crippen LogP contribution in [-0.2, 0) is 30.4 Å². The molecule has 3 amide bonds. The molecule has 0 aliphatic heterocycles. The van der Waals surface area contributed by atoms with E-state index in [1.165, 1.54) is 31.2 Å². The third-order valence-corrected chi connectivity index (χ3v) is 4.95. The first-order valence-corrected chi connectivity index (χ1v) is 10.6. The Bertz CT molecular complexity index is 864. The zero-order chi connectivity index (χ0) is 25.1. The lowest BCUT2D eigenvalue weighted by atomic mass is 10.0. The molecule has 0 fully saturated rings. The van der Waals surface area contributed by atoms with Crippen LogP contribution in [0, 0.1) is 0 Å². The third kappa shape index (κ3) is 9.78. The number of hydrogen-bond donors (Lipinski definition) is 8. The molecule has 0 radical (unpaired) electrons. The van der Waals surface area contributed by atoms with E-state index in [1.807, 2.05) is 0 Å². The first kappa shape index (κ1) is 27.7. The van der Waals surface area contributed by atoms with Gasteiger partial charge in [-0.3, -0.25) is 24.0 Å². The molecule has 182 valence electrons. The Kier molecular flexibility index (Phi) is 11.2. The van der Waals surface area contributed by atoms with Crippen LogP contribution < -0.4 is 21.7 Å². The predicted octanol–water partition coefficient (Wildman–Crippen LogP) is -1.38. The molecule has 1 rings (SSSR count). The van der Waals surface area contributed by atoms with Gasteiger partial charge in [-0.05, 0) is 31.0 Å². The lowest BCUT2D eigenvalue weighted by Gasteiger charge is -2.24. The summed E-state index contributed by atoms with van der Waals surface area (Å²) in [7, 11) is 0. The maximum Gasteiger partial charge on any atom is 0.325 e. The number of phenols is 1. The Morgan fingerprint density at radius 3 is 2.00 bits per heavy atom. The summed E-state index contributed by atoms with van der Waals surface area (Å²) in [6, 6.07) is 0.920. The van der Waals surface area contributed by atoms with Gasteiger partial charge in [0.15, 0.2) is 0 Å². The van der Waals surface area contributed by atoms with E-state index in [2.05, 4.69) is 28.6 Å². The van der Waals surface area contributed by atoms with Crippen molar-refractivity contribution in [3.8, 4) is 5.75 Å². The number of aromatic hydroxyl groups is 1. The highest BCUT2D eigenvalue weighted by Gasteiger charge is 2.29. The van der Waals surface area contributed by atoms with Gasteiger partial charge in [0, 0.05) is 18.6 Å². The van der Waals surface area contributed by atoms with E-state index in [0.29, 0.717) is 5.56 Å². The van der Waals surface area contributed by atoms with Gasteiger partial charge in [-0.15, -0.1) is 0 Å². The summed E-state index contributed by atoms with van der Waals surface area (Å²) in [6.07, 6.45) is -0.787. The van der Waals surface area contributed by atoms with E-state index in [0.717, 1.165) is 0 Å². The number of carboxylic acid groups (broad SMARTS) is 2. The molecule has 0 spiro atoms. The molecular formula is C20H28N4O8S. The van der Waals surface area contributed by atoms with Crippen molar-refractivity contribution in [1.29, 1.82) is 0 Å². The number of carboxylic acids is 2. The van der Waals surface area contributed by atoms with Crippen LogP contribution in [0.2, 0.25) is 0 Å². The summed E-state index contributed by atoms with van der Waals surface area (Å²) in [5.74, 6) is -4.90. The normalized spacial score (nSPS) is 14.3. The summed E-state index contributed by atoms with van der Waals surface area (Å²) >= 11 is 3.91. The summed E-state index contributed by atoms with van der Waals surface area (Å²) in [4.78, 5) is 59.7. The Morgan fingerprint density at radius 1 is 0.939 bits per heavy atom. The van der Waals surface area contributed by atoms with E-state index in [-0.39, 0.29) is 24.3 Å². The number of nitrogens with one attached hydrogen (secondary N) is 3. The number of benzene rings is 1. The number of amides is 3. The second-order valence-electron chi connectivity index (χ2n) is 7.28. The Balaban J connectivity index is 3.09. The second-order valence-corrected chi connectivity index (χ2v) is 7.65. The van der Waals surface area contributed by atoms with Gasteiger partial charge in [-0.1, -0.05) is 12.1 Å². The van der Waals surface area contributed by atoms with Crippen molar-refractivity contribution in [2.45, 2.75) is 50.4 Å². The molecule has 8 N–H and O–H groups in total. The van der Waals surface area contributed by atoms with E-state index in [4.69, 9.17) is 15.9 Å². The van der Waals surface area contributed by atoms with Crippen molar-refractivity contribution in [2.75, 3.05) is 5.75 Å². The van der Waals surface area contributed by atoms with Crippen LogP contribution in [0.3, 0.4) is 0 Å². The third-order valence-electron chi connectivity index (χ3n) is 4.55. The van der Waals surface area contributed by atoms with Gasteiger partial charge in [-0.25, -0.2) is 0 Å². The molecule has 0 saturated carbocycles. The van der Waals surface area contributed by atoms with Gasteiger partial charge in [-0.2, -0.15) is 12.6 Å². The lowest BCUT2D eigenvalue weighted by molar-refractivity contribution is -0.141. The van der Waals surface area contributed by atoms with Crippen molar-refractivity contribution in [2.24, 2.45) is 5.73 Å². The molecule has 12 nitrogen and oxygen atoms in total. The number of nitrogens with two attached hydrogens (primary N) is 1. The van der Waals surface area contributed by atoms with Crippen molar-refractivity contribution in [3.05, 3.63) is 29.8 Å². The Hall–Kier alpha value is -3.32. The molecular weight excluding hydrogens is 456 g/mol. The van der Waals surface area contributed by atoms with Gasteiger partial charge in [0.2, 0.25) is 17.7 Å². The number of carbonyl (C=O) groups is 5. The monoisotopic (exact) mass is 484 g/mol. The molecule has 0 saturated heterocycles. The van der Waals surface area contributed by atoms with Gasteiger partial charge < -0.3 is 37.0 Å². The highest BCUT2D eigenvalue weighted by atomic mass is 32.1. The maximum absolute atomic E-state index is 12.9. The number of phenolic OH excluding ortho intramolecular Hbond substituents is 1. The second kappa shape index (κ2) is 13.3. The smallest absolute Gasteiger partial charge is 0.325 e. The maximum atomic E-state index is 12.9. The molecule has 4 atom stereocenters. The van der Waals surface area contributed by atoms with E-state index in [1.54, 1.807) is 0 Å². The number of thiol groups is 1. The van der Waals surface area contributed by atoms with Crippen LogP contribution in [0.1, 0.15) is 25.3 Å². The highest BCUT2D eigenvalue weighted by Crippen LogP contribution is 2.12. The van der Waals surface area contributed by atoms with E-state index in [9.17, 15) is 29.1 Å². The molecule has 0 aromatic heterocycles. The summed E-state index contributed by atoms with van der Waals surface area (Å²) in [5.41, 5.74) is 6.13. The Morgan fingerprint density at radius 2 is 1.48 bits per heavy atom. The summed E-state index contributed by atoms with van der Waals surface area (Å²) < 4.78 is 0. The van der Waals surface area contributed by atoms with Crippen molar-refractivity contribution >= 4 is 42.3 Å². The standard InChI is InChI=1S/C20H28N4O8S/c1-10(20(31)32)22-19(30)15(8-11-2-4-12(25)5-3-11)24-18(29)14(6-7-16(26)27)23-17(28)13(21)9-33/h2-5,10,13-15,25,33H,6-9,21H2,1H3,(H,22,30)(H,23,28)(H,24,29)(H,26,27)(H,31,32). The molecule has 0 heterocycles. The molecule has 33 heavy (non-hydrogen) atoms. The lowest BCUT2D eigenvalue weighted by Crippen LogP contribution is -2.57. The fourth-order valence-corrected chi connectivity index (χ4v) is 2.79. The zero-order valence-electron chi connectivity index (χ0n) is 17.9. The van der Waals surface area contributed by atoms with Crippen LogP contribution >= 0.6 is 12.6 Å². The molecule has 1 aromatic rings. The first-order chi connectivity index (χ1) is 15.4. The van der Waals surface area contributed by atoms with Crippen LogP contribution in [0.4, 0.5) is 0 Å². The number of hydrogen-bond acceptors (Lipinski definition) is 8. The van der Waals surface area contributed by atoms with Gasteiger partial charge in [0.25, 0.3) is 0 Å². The average molecular weight is 485 g/mol. The quantitative estimate of drug-likeness (QED) is 0.155. The predicted molar refractivity (Wildman–Crippen MR) is 120 cm³/mol. The fraction of sp³-hybridized carbons (Fsp3) is 0.450. The van der Waals surface area contributed by atoms with Gasteiger partial charge >= 0.3 is 11.9 Å². The van der Waals surface area contributed by atoms with Crippen molar-refractivity contribution < 1.29 is 39.3 Å². The summed E-state index contributed by atoms with van der Waals surface area (Å²) in [6.45, 7) is 1.24. The van der Waals surface area contributed by atoms with E-state index < -0.39 is 60.2 Å². The number of carbonyl (C=O) groups excluding carboxylic acids is 3. The Labute approximate surface area is 195 Å². The van der Waals surface area contributed by atoms with Gasteiger partial charge in [0.05, 0.1) is 6.04 Å². The summed E-state index contributed by atoms with van der Waals surface area (Å²) in [5, 5.41) is 34.5. The fourth-order valence-electron chi connectivity index (χ4n) is 2.62. The van der Waals surface area contributed by atoms with Crippen molar-refractivity contribution in [1.82, 2.24) is 16.0 Å². The minimum Gasteiger partial charge on any atom is -0.508 e. The molecule has 1 aromatic carbocycles. The zero-order valence-corrected chi connectivity index (χ0v) is 18.7. The highest BCUT2D eigenvalue weighted by molar-refractivity contribution is 7.80. The largest absolute Gasteiger partial charge is 0.508 e. The molecule has 0 aliphatic rings. The molecule has 0 bridgehead atoms. The van der Waals surface area contributed by atoms with Crippen LogP contribution in [-0.4, -0.2) is 74.9 Å². The minimum absolute atomic E-state index is 0.0136. The number of aliphatic carboxylic acids is 2. The number of rotatable bonds is 13. The van der Waals surface area contributed by atoms with Crippen LogP contribution in [0.5, 0.6) is 5.75 Å². The van der Waals surface area contributed by atoms with Crippen LogP contribution in [0.25, 0.3) is 0 Å². The molecule has 13 heteroatoms. The average Bonchev–Trinajstić information content (AvgIpc) is 2.76.